The van der Waals surface area contributed by atoms with Crippen LogP contribution in [0.25, 0.3) is 0 Å². The van der Waals surface area contributed by atoms with Gasteiger partial charge in [-0.15, -0.1) is 0 Å². The van der Waals surface area contributed by atoms with Crippen LogP contribution >= 0.6 is 0 Å². The molecule has 0 heterocycles. The second kappa shape index (κ2) is 5.60. The van der Waals surface area contributed by atoms with E-state index in [4.69, 9.17) is 0 Å². The maximum atomic E-state index is 13.0. The molecule has 0 aliphatic rings. The third kappa shape index (κ3) is 3.26. The average Bonchev–Trinajstić information content (AvgIpc) is 2.29. The number of hydrogen-bond acceptors (Lipinski definition) is 3. The van der Waals surface area contributed by atoms with Crippen molar-refractivity contribution in [1.29, 1.82) is 0 Å². The van der Waals surface area contributed by atoms with Gasteiger partial charge in [-0.2, -0.15) is 0 Å². The lowest BCUT2D eigenvalue weighted by molar-refractivity contribution is 0.168. The molecule has 1 N–H and O–H groups in total. The highest BCUT2D eigenvalue weighted by Crippen LogP contribution is 2.25. The molecule has 0 aliphatic carbocycles. The standard InChI is InChI=1S/C12H17FO3S/c1-3-11(17(15,16)4-2)12(14)9-6-5-7-10(13)8-9/h5-8,11-12,14H,3-4H2,1-2H3. The maximum absolute atomic E-state index is 13.0. The second-order valence-electron chi connectivity index (χ2n) is 3.90. The van der Waals surface area contributed by atoms with Gasteiger partial charge in [0.05, 0.1) is 11.4 Å². The van der Waals surface area contributed by atoms with Crippen LogP contribution < -0.4 is 0 Å². The number of hydrogen-bond donors (Lipinski definition) is 1. The minimum absolute atomic E-state index is 0.0299. The normalized spacial score (nSPS) is 15.5. The van der Waals surface area contributed by atoms with Crippen LogP contribution in [0.15, 0.2) is 24.3 Å². The van der Waals surface area contributed by atoms with Gasteiger partial charge in [0, 0.05) is 5.75 Å². The monoisotopic (exact) mass is 260 g/mol. The van der Waals surface area contributed by atoms with E-state index in [1.807, 2.05) is 0 Å². The molecule has 1 aromatic carbocycles. The van der Waals surface area contributed by atoms with Crippen LogP contribution in [0.3, 0.4) is 0 Å². The third-order valence-electron chi connectivity index (χ3n) is 2.81. The van der Waals surface area contributed by atoms with Gasteiger partial charge in [0.15, 0.2) is 9.84 Å². The van der Waals surface area contributed by atoms with Gasteiger partial charge in [-0.1, -0.05) is 26.0 Å². The Labute approximate surface area is 101 Å². The quantitative estimate of drug-likeness (QED) is 0.881. The van der Waals surface area contributed by atoms with Crippen molar-refractivity contribution < 1.29 is 17.9 Å². The largest absolute Gasteiger partial charge is 0.387 e. The van der Waals surface area contributed by atoms with Crippen LogP contribution in [-0.2, 0) is 9.84 Å². The molecule has 0 saturated carbocycles. The average molecular weight is 260 g/mol. The van der Waals surface area contributed by atoms with E-state index in [9.17, 15) is 17.9 Å². The molecule has 0 radical (unpaired) electrons. The predicted molar refractivity (Wildman–Crippen MR) is 64.9 cm³/mol. The zero-order valence-corrected chi connectivity index (χ0v) is 10.7. The van der Waals surface area contributed by atoms with Gasteiger partial charge < -0.3 is 5.11 Å². The van der Waals surface area contributed by atoms with Gasteiger partial charge >= 0.3 is 0 Å². The lowest BCUT2D eigenvalue weighted by atomic mass is 10.1. The van der Waals surface area contributed by atoms with Gasteiger partial charge in [-0.05, 0) is 24.1 Å². The van der Waals surface area contributed by atoms with Crippen molar-refractivity contribution in [3.63, 3.8) is 0 Å². The molecule has 0 amide bonds. The minimum atomic E-state index is -3.34. The Morgan fingerprint density at radius 2 is 2.00 bits per heavy atom. The second-order valence-corrected chi connectivity index (χ2v) is 6.41. The molecule has 0 saturated heterocycles. The first kappa shape index (κ1) is 14.1. The van der Waals surface area contributed by atoms with Gasteiger partial charge in [0.2, 0.25) is 0 Å². The van der Waals surface area contributed by atoms with Crippen LogP contribution in [0.4, 0.5) is 4.39 Å². The van der Waals surface area contributed by atoms with Crippen molar-refractivity contribution in [3.05, 3.63) is 35.6 Å². The van der Waals surface area contributed by atoms with Crippen LogP contribution in [0.1, 0.15) is 31.9 Å². The van der Waals surface area contributed by atoms with E-state index in [0.29, 0.717) is 12.0 Å². The fourth-order valence-corrected chi connectivity index (χ4v) is 3.28. The number of rotatable bonds is 5. The molecular weight excluding hydrogens is 243 g/mol. The fraction of sp³-hybridized carbons (Fsp3) is 0.500. The maximum Gasteiger partial charge on any atom is 0.155 e. The molecule has 5 heteroatoms. The smallest absolute Gasteiger partial charge is 0.155 e. The molecule has 1 rings (SSSR count). The minimum Gasteiger partial charge on any atom is -0.387 e. The van der Waals surface area contributed by atoms with Crippen LogP contribution in [0.5, 0.6) is 0 Å². The molecule has 2 atom stereocenters. The molecule has 3 nitrogen and oxygen atoms in total. The third-order valence-corrected chi connectivity index (χ3v) is 5.13. The Hall–Kier alpha value is -0.940. The summed E-state index contributed by atoms with van der Waals surface area (Å²) in [6.45, 7) is 3.23. The summed E-state index contributed by atoms with van der Waals surface area (Å²) in [4.78, 5) is 0. The highest BCUT2D eigenvalue weighted by Gasteiger charge is 2.30. The Balaban J connectivity index is 3.06. The van der Waals surface area contributed by atoms with Crippen LogP contribution in [0, 0.1) is 5.82 Å². The Bertz CT molecular complexity index is 470. The number of aliphatic hydroxyl groups is 1. The number of aliphatic hydroxyl groups excluding tert-OH is 1. The molecule has 0 aliphatic heterocycles. The number of sulfone groups is 1. The number of benzene rings is 1. The number of halogens is 1. The first-order valence-corrected chi connectivity index (χ1v) is 7.29. The highest BCUT2D eigenvalue weighted by molar-refractivity contribution is 7.92. The molecule has 0 spiro atoms. The molecule has 17 heavy (non-hydrogen) atoms. The molecule has 0 aromatic heterocycles. The molecule has 2 unspecified atom stereocenters. The first-order chi connectivity index (χ1) is 7.92. The fourth-order valence-electron chi connectivity index (χ4n) is 1.79. The molecule has 0 fully saturated rings. The van der Waals surface area contributed by atoms with Crippen LogP contribution in [0.2, 0.25) is 0 Å². The topological polar surface area (TPSA) is 54.4 Å². The lowest BCUT2D eigenvalue weighted by Gasteiger charge is -2.21. The van der Waals surface area contributed by atoms with Gasteiger partial charge in [-0.3, -0.25) is 0 Å². The van der Waals surface area contributed by atoms with E-state index >= 15 is 0 Å². The van der Waals surface area contributed by atoms with E-state index < -0.39 is 27.0 Å². The van der Waals surface area contributed by atoms with E-state index in [2.05, 4.69) is 0 Å². The summed E-state index contributed by atoms with van der Waals surface area (Å²) in [6.07, 6.45) is -0.880. The zero-order chi connectivity index (χ0) is 13.1. The van der Waals surface area contributed by atoms with E-state index in [-0.39, 0.29) is 5.75 Å². The molecule has 96 valence electrons. The van der Waals surface area contributed by atoms with Crippen molar-refractivity contribution in [2.45, 2.75) is 31.6 Å². The van der Waals surface area contributed by atoms with Crippen molar-refractivity contribution in [2.75, 3.05) is 5.75 Å². The van der Waals surface area contributed by atoms with Gasteiger partial charge in [0.25, 0.3) is 0 Å². The first-order valence-electron chi connectivity index (χ1n) is 5.57. The van der Waals surface area contributed by atoms with Crippen molar-refractivity contribution in [2.24, 2.45) is 0 Å². The summed E-state index contributed by atoms with van der Waals surface area (Å²) in [7, 11) is -3.34. The van der Waals surface area contributed by atoms with Crippen molar-refractivity contribution in [3.8, 4) is 0 Å². The van der Waals surface area contributed by atoms with E-state index in [0.717, 1.165) is 0 Å². The van der Waals surface area contributed by atoms with Gasteiger partial charge in [-0.25, -0.2) is 12.8 Å². The van der Waals surface area contributed by atoms with E-state index in [1.54, 1.807) is 6.92 Å². The Morgan fingerprint density at radius 1 is 1.35 bits per heavy atom. The van der Waals surface area contributed by atoms with Crippen molar-refractivity contribution in [1.82, 2.24) is 0 Å². The zero-order valence-electron chi connectivity index (χ0n) is 9.93. The SMILES string of the molecule is CCC(C(O)c1cccc(F)c1)S(=O)(=O)CC. The lowest BCUT2D eigenvalue weighted by Crippen LogP contribution is -2.29. The summed E-state index contributed by atoms with van der Waals surface area (Å²) in [5.74, 6) is -0.511. The van der Waals surface area contributed by atoms with E-state index in [1.165, 1.54) is 31.2 Å². The summed E-state index contributed by atoms with van der Waals surface area (Å²) >= 11 is 0. The summed E-state index contributed by atoms with van der Waals surface area (Å²) < 4.78 is 36.6. The molecular formula is C12H17FO3S. The van der Waals surface area contributed by atoms with Gasteiger partial charge in [0.1, 0.15) is 5.82 Å². The Kier molecular flexibility index (Phi) is 4.65. The summed E-state index contributed by atoms with van der Waals surface area (Å²) in [5, 5.41) is 9.15. The van der Waals surface area contributed by atoms with Crippen molar-refractivity contribution >= 4 is 9.84 Å². The summed E-state index contributed by atoms with van der Waals surface area (Å²) in [6, 6.07) is 5.41. The highest BCUT2D eigenvalue weighted by atomic mass is 32.2. The predicted octanol–water partition coefficient (Wildman–Crippen LogP) is 2.07. The molecule has 0 bridgehead atoms. The molecule has 1 aromatic rings. The Morgan fingerprint density at radius 3 is 2.47 bits per heavy atom. The summed E-state index contributed by atoms with van der Waals surface area (Å²) in [5.41, 5.74) is 0.300. The van der Waals surface area contributed by atoms with Crippen LogP contribution in [-0.4, -0.2) is 24.5 Å².